The molecule has 0 aliphatic carbocycles. The van der Waals surface area contributed by atoms with Gasteiger partial charge in [-0.15, -0.1) is 0 Å². The van der Waals surface area contributed by atoms with E-state index in [0.717, 1.165) is 11.8 Å². The van der Waals surface area contributed by atoms with Gasteiger partial charge < -0.3 is 16.4 Å². The Morgan fingerprint density at radius 2 is 2.40 bits per heavy atom. The van der Waals surface area contributed by atoms with Crippen molar-refractivity contribution in [2.24, 2.45) is 5.73 Å². The maximum atomic E-state index is 12.0. The predicted octanol–water partition coefficient (Wildman–Crippen LogP) is 1.41. The molecule has 1 atom stereocenters. The average molecular weight is 310 g/mol. The van der Waals surface area contributed by atoms with Crippen LogP contribution in [0.2, 0.25) is 5.02 Å². The Labute approximate surface area is 125 Å². The number of nitrogens with one attached hydrogen (secondary N) is 2. The molecular formula is C13H12ClN3O2S. The molecule has 104 valence electrons. The van der Waals surface area contributed by atoms with Crippen molar-refractivity contribution in [1.82, 2.24) is 5.32 Å². The predicted molar refractivity (Wildman–Crippen MR) is 80.8 cm³/mol. The highest BCUT2D eigenvalue weighted by molar-refractivity contribution is 8.14. The van der Waals surface area contributed by atoms with E-state index in [4.69, 9.17) is 17.3 Å². The molecule has 2 rings (SSSR count). The van der Waals surface area contributed by atoms with Crippen molar-refractivity contribution >= 4 is 40.2 Å². The number of carbonyl (C=O) groups is 2. The van der Waals surface area contributed by atoms with Crippen molar-refractivity contribution < 1.29 is 9.59 Å². The van der Waals surface area contributed by atoms with Crippen LogP contribution >= 0.6 is 23.4 Å². The zero-order valence-electron chi connectivity index (χ0n) is 10.4. The van der Waals surface area contributed by atoms with Gasteiger partial charge in [0.25, 0.3) is 5.24 Å². The van der Waals surface area contributed by atoms with E-state index >= 15 is 0 Å². The number of hydrogen-bond donors (Lipinski definition) is 3. The fraction of sp³-hybridized carbons (Fsp3) is 0.231. The maximum Gasteiger partial charge on any atom is 0.279 e. The van der Waals surface area contributed by atoms with E-state index < -0.39 is 6.04 Å². The first-order valence-electron chi connectivity index (χ1n) is 5.83. The number of hydrogen-bond acceptors (Lipinski definition) is 4. The summed E-state index contributed by atoms with van der Waals surface area (Å²) in [6.07, 6.45) is 0. The van der Waals surface area contributed by atoms with E-state index in [1.54, 1.807) is 18.2 Å². The highest BCUT2D eigenvalue weighted by Crippen LogP contribution is 2.21. The highest BCUT2D eigenvalue weighted by Gasteiger charge is 2.28. The van der Waals surface area contributed by atoms with Gasteiger partial charge in [-0.25, -0.2) is 0 Å². The molecule has 20 heavy (non-hydrogen) atoms. The summed E-state index contributed by atoms with van der Waals surface area (Å²) in [7, 11) is 0. The zero-order valence-corrected chi connectivity index (χ0v) is 12.0. The Bertz CT molecular complexity index is 609. The summed E-state index contributed by atoms with van der Waals surface area (Å²) in [5.41, 5.74) is 6.48. The molecule has 1 unspecified atom stereocenters. The van der Waals surface area contributed by atoms with Crippen molar-refractivity contribution in [1.29, 1.82) is 0 Å². The Balaban J connectivity index is 2.16. The van der Waals surface area contributed by atoms with Crippen LogP contribution in [0.1, 0.15) is 5.56 Å². The summed E-state index contributed by atoms with van der Waals surface area (Å²) in [5, 5.41) is 5.65. The Morgan fingerprint density at radius 3 is 3.05 bits per heavy atom. The Kier molecular flexibility index (Phi) is 4.90. The van der Waals surface area contributed by atoms with Gasteiger partial charge in [0.05, 0.1) is 12.2 Å². The minimum atomic E-state index is -0.529. The zero-order chi connectivity index (χ0) is 14.5. The highest BCUT2D eigenvalue weighted by atomic mass is 35.5. The second kappa shape index (κ2) is 6.66. The smallest absolute Gasteiger partial charge is 0.279 e. The lowest BCUT2D eigenvalue weighted by molar-refractivity contribution is -0.117. The van der Waals surface area contributed by atoms with Gasteiger partial charge in [0.2, 0.25) is 5.91 Å². The molecule has 1 aromatic rings. The molecule has 1 fully saturated rings. The largest absolute Gasteiger partial charge is 0.334 e. The van der Waals surface area contributed by atoms with Gasteiger partial charge in [0, 0.05) is 16.3 Å². The van der Waals surface area contributed by atoms with Gasteiger partial charge in [0.15, 0.2) is 0 Å². The van der Waals surface area contributed by atoms with Crippen LogP contribution in [-0.4, -0.2) is 29.5 Å². The van der Waals surface area contributed by atoms with E-state index in [1.807, 2.05) is 0 Å². The third kappa shape index (κ3) is 3.67. The number of rotatable bonds is 2. The second-order valence-electron chi connectivity index (χ2n) is 3.98. The first-order valence-corrected chi connectivity index (χ1v) is 7.19. The standard InChI is InChI=1S/C13H12ClN3O2S/c14-9-3-4-10(8(6-9)2-1-5-15)16-12(18)11-7-20-13(19)17-11/h3-4,6,11H,5,7,15H2,(H,16,18)(H,17,19). The lowest BCUT2D eigenvalue weighted by atomic mass is 10.1. The van der Waals surface area contributed by atoms with Crippen LogP contribution < -0.4 is 16.4 Å². The van der Waals surface area contributed by atoms with E-state index in [1.165, 1.54) is 0 Å². The summed E-state index contributed by atoms with van der Waals surface area (Å²) >= 11 is 6.99. The van der Waals surface area contributed by atoms with Gasteiger partial charge in [-0.3, -0.25) is 9.59 Å². The number of anilines is 1. The lowest BCUT2D eigenvalue weighted by Gasteiger charge is -2.12. The van der Waals surface area contributed by atoms with Crippen LogP contribution in [0.15, 0.2) is 18.2 Å². The first-order chi connectivity index (χ1) is 9.60. The molecular weight excluding hydrogens is 298 g/mol. The summed E-state index contributed by atoms with van der Waals surface area (Å²) in [6, 6.07) is 4.46. The Morgan fingerprint density at radius 1 is 1.60 bits per heavy atom. The lowest BCUT2D eigenvalue weighted by Crippen LogP contribution is -2.38. The molecule has 0 bridgehead atoms. The fourth-order valence-corrected chi connectivity index (χ4v) is 2.57. The van der Waals surface area contributed by atoms with E-state index in [-0.39, 0.29) is 17.7 Å². The summed E-state index contributed by atoms with van der Waals surface area (Å²) in [6.45, 7) is 0.217. The van der Waals surface area contributed by atoms with Gasteiger partial charge in [-0.2, -0.15) is 0 Å². The minimum absolute atomic E-state index is 0.190. The minimum Gasteiger partial charge on any atom is -0.334 e. The summed E-state index contributed by atoms with van der Waals surface area (Å²) in [5.74, 6) is 5.71. The average Bonchev–Trinajstić information content (AvgIpc) is 2.85. The van der Waals surface area contributed by atoms with Crippen molar-refractivity contribution in [3.8, 4) is 11.8 Å². The number of halogens is 1. The molecule has 1 aromatic carbocycles. The second-order valence-corrected chi connectivity index (χ2v) is 5.41. The van der Waals surface area contributed by atoms with Crippen molar-refractivity contribution in [3.63, 3.8) is 0 Å². The van der Waals surface area contributed by atoms with Gasteiger partial charge in [-0.05, 0) is 18.2 Å². The van der Waals surface area contributed by atoms with Crippen molar-refractivity contribution in [2.75, 3.05) is 17.6 Å². The van der Waals surface area contributed by atoms with Crippen molar-refractivity contribution in [3.05, 3.63) is 28.8 Å². The third-order valence-corrected chi connectivity index (χ3v) is 3.67. The molecule has 5 nitrogen and oxygen atoms in total. The van der Waals surface area contributed by atoms with E-state index in [9.17, 15) is 9.59 Å². The number of nitrogens with two attached hydrogens (primary N) is 1. The molecule has 4 N–H and O–H groups in total. The Hall–Kier alpha value is -1.68. The maximum absolute atomic E-state index is 12.0. The summed E-state index contributed by atoms with van der Waals surface area (Å²) < 4.78 is 0. The number of amides is 2. The van der Waals surface area contributed by atoms with E-state index in [2.05, 4.69) is 22.5 Å². The monoisotopic (exact) mass is 309 g/mol. The van der Waals surface area contributed by atoms with Crippen LogP contribution in [0.4, 0.5) is 10.5 Å². The molecule has 2 amide bonds. The summed E-state index contributed by atoms with van der Waals surface area (Å²) in [4.78, 5) is 23.1. The molecule has 0 radical (unpaired) electrons. The first kappa shape index (κ1) is 14.7. The molecule has 1 aliphatic rings. The van der Waals surface area contributed by atoms with Crippen LogP contribution in [-0.2, 0) is 4.79 Å². The fourth-order valence-electron chi connectivity index (χ4n) is 1.62. The third-order valence-electron chi connectivity index (χ3n) is 2.55. The molecule has 0 spiro atoms. The van der Waals surface area contributed by atoms with Crippen LogP contribution in [0.25, 0.3) is 0 Å². The molecule has 0 saturated carbocycles. The van der Waals surface area contributed by atoms with Crippen molar-refractivity contribution in [2.45, 2.75) is 6.04 Å². The van der Waals surface area contributed by atoms with Gasteiger partial charge in [-0.1, -0.05) is 35.2 Å². The van der Waals surface area contributed by atoms with Crippen LogP contribution in [0.3, 0.4) is 0 Å². The molecule has 1 heterocycles. The number of carbonyl (C=O) groups excluding carboxylic acids is 2. The molecule has 0 aromatic heterocycles. The molecule has 7 heteroatoms. The van der Waals surface area contributed by atoms with E-state index in [0.29, 0.717) is 22.0 Å². The van der Waals surface area contributed by atoms with Gasteiger partial charge >= 0.3 is 0 Å². The SMILES string of the molecule is NCC#Cc1cc(Cl)ccc1NC(=O)C1CSC(=O)N1. The quantitative estimate of drug-likeness (QED) is 0.721. The normalized spacial score (nSPS) is 17.1. The molecule has 1 saturated heterocycles. The number of benzene rings is 1. The van der Waals surface area contributed by atoms with Crippen LogP contribution in [0.5, 0.6) is 0 Å². The van der Waals surface area contributed by atoms with Gasteiger partial charge in [0.1, 0.15) is 6.04 Å². The van der Waals surface area contributed by atoms with Crippen LogP contribution in [0, 0.1) is 11.8 Å². The topological polar surface area (TPSA) is 84.2 Å². The molecule has 1 aliphatic heterocycles. The number of thioether (sulfide) groups is 1.